The molecule has 0 saturated carbocycles. The molecule has 1 atom stereocenters. The van der Waals surface area contributed by atoms with Crippen LogP contribution in [0.5, 0.6) is 5.75 Å². The van der Waals surface area contributed by atoms with E-state index in [9.17, 15) is 4.39 Å². The second-order valence-corrected chi connectivity index (χ2v) is 5.94. The van der Waals surface area contributed by atoms with Crippen molar-refractivity contribution in [3.63, 3.8) is 0 Å². The fourth-order valence-electron chi connectivity index (χ4n) is 2.32. The minimum Gasteiger partial charge on any atom is -0.493 e. The summed E-state index contributed by atoms with van der Waals surface area (Å²) >= 11 is 9.26. The Labute approximate surface area is 130 Å². The molecule has 1 aliphatic heterocycles. The summed E-state index contributed by atoms with van der Waals surface area (Å²) in [5.41, 5.74) is 1.43. The van der Waals surface area contributed by atoms with Gasteiger partial charge in [-0.3, -0.25) is 0 Å². The van der Waals surface area contributed by atoms with E-state index in [0.717, 1.165) is 22.2 Å². The lowest BCUT2D eigenvalue weighted by Crippen LogP contribution is -2.20. The highest BCUT2D eigenvalue weighted by Crippen LogP contribution is 2.37. The summed E-state index contributed by atoms with van der Waals surface area (Å²) in [5.74, 6) is 0.414. The van der Waals surface area contributed by atoms with Crippen LogP contribution in [-0.2, 0) is 0 Å². The summed E-state index contributed by atoms with van der Waals surface area (Å²) in [5, 5.41) is 3.33. The van der Waals surface area contributed by atoms with Crippen LogP contribution in [0.3, 0.4) is 0 Å². The third-order valence-electron chi connectivity index (χ3n) is 3.29. The van der Waals surface area contributed by atoms with E-state index in [1.807, 2.05) is 18.2 Å². The van der Waals surface area contributed by atoms with Crippen molar-refractivity contribution in [1.29, 1.82) is 0 Å². The molecule has 0 amide bonds. The van der Waals surface area contributed by atoms with Gasteiger partial charge in [0.2, 0.25) is 0 Å². The fourth-order valence-corrected chi connectivity index (χ4v) is 2.87. The van der Waals surface area contributed by atoms with Crippen LogP contribution in [0.25, 0.3) is 0 Å². The summed E-state index contributed by atoms with van der Waals surface area (Å²) in [7, 11) is 0. The van der Waals surface area contributed by atoms with Gasteiger partial charge in [-0.05, 0) is 30.3 Å². The van der Waals surface area contributed by atoms with Crippen LogP contribution in [-0.4, -0.2) is 6.61 Å². The number of rotatable bonds is 2. The Balaban J connectivity index is 1.93. The van der Waals surface area contributed by atoms with Gasteiger partial charge in [-0.1, -0.05) is 33.6 Å². The zero-order chi connectivity index (χ0) is 14.1. The topological polar surface area (TPSA) is 21.3 Å². The van der Waals surface area contributed by atoms with Crippen LogP contribution in [0.2, 0.25) is 5.02 Å². The molecule has 0 fully saturated rings. The van der Waals surface area contributed by atoms with Crippen LogP contribution in [0.4, 0.5) is 10.1 Å². The van der Waals surface area contributed by atoms with E-state index in [0.29, 0.717) is 12.3 Å². The molecule has 0 bridgehead atoms. The number of fused-ring (bicyclic) bond motifs is 1. The highest BCUT2D eigenvalue weighted by Gasteiger charge is 2.22. The number of anilines is 1. The second kappa shape index (κ2) is 5.62. The van der Waals surface area contributed by atoms with Gasteiger partial charge in [-0.25, -0.2) is 4.39 Å². The molecule has 0 saturated heterocycles. The Bertz CT molecular complexity index is 650. The summed E-state index contributed by atoms with van der Waals surface area (Å²) in [4.78, 5) is 0. The Hall–Kier alpha value is -1.26. The van der Waals surface area contributed by atoms with Gasteiger partial charge in [0.05, 0.1) is 23.4 Å². The molecule has 3 rings (SSSR count). The van der Waals surface area contributed by atoms with Crippen LogP contribution in [0.1, 0.15) is 18.0 Å². The standard InChI is InChI=1S/C15H12BrClFNO/c16-9-4-5-14-10(8-9)12(6-7-20-14)19-13-3-1-2-11(17)15(13)18/h1-5,8,12,19H,6-7H2. The summed E-state index contributed by atoms with van der Waals surface area (Å²) < 4.78 is 20.6. The molecular weight excluding hydrogens is 345 g/mol. The van der Waals surface area contributed by atoms with Crippen molar-refractivity contribution >= 4 is 33.2 Å². The molecule has 0 aliphatic carbocycles. The van der Waals surface area contributed by atoms with E-state index < -0.39 is 5.82 Å². The number of ether oxygens (including phenoxy) is 1. The normalized spacial score (nSPS) is 17.2. The van der Waals surface area contributed by atoms with Gasteiger partial charge in [-0.2, -0.15) is 0 Å². The second-order valence-electron chi connectivity index (χ2n) is 4.62. The summed E-state index contributed by atoms with van der Waals surface area (Å²) in [6.07, 6.45) is 0.773. The lowest BCUT2D eigenvalue weighted by Gasteiger charge is -2.28. The Morgan fingerprint density at radius 3 is 3.00 bits per heavy atom. The van der Waals surface area contributed by atoms with E-state index in [4.69, 9.17) is 16.3 Å². The zero-order valence-electron chi connectivity index (χ0n) is 10.5. The van der Waals surface area contributed by atoms with Gasteiger partial charge >= 0.3 is 0 Å². The average molecular weight is 357 g/mol. The molecule has 20 heavy (non-hydrogen) atoms. The van der Waals surface area contributed by atoms with Gasteiger partial charge in [0.1, 0.15) is 5.75 Å². The lowest BCUT2D eigenvalue weighted by molar-refractivity contribution is 0.274. The fraction of sp³-hybridized carbons (Fsp3) is 0.200. The minimum atomic E-state index is -0.419. The Morgan fingerprint density at radius 2 is 2.15 bits per heavy atom. The maximum absolute atomic E-state index is 14.0. The van der Waals surface area contributed by atoms with Crippen molar-refractivity contribution in [2.75, 3.05) is 11.9 Å². The molecule has 5 heteroatoms. The smallest absolute Gasteiger partial charge is 0.164 e. The van der Waals surface area contributed by atoms with Gasteiger partial charge in [0.15, 0.2) is 5.82 Å². The largest absolute Gasteiger partial charge is 0.493 e. The van der Waals surface area contributed by atoms with Crippen LogP contribution in [0, 0.1) is 5.82 Å². The number of benzene rings is 2. The summed E-state index contributed by atoms with van der Waals surface area (Å²) in [6, 6.07) is 10.8. The van der Waals surface area contributed by atoms with Crippen LogP contribution in [0.15, 0.2) is 40.9 Å². The molecule has 2 nitrogen and oxygen atoms in total. The quantitative estimate of drug-likeness (QED) is 0.801. The average Bonchev–Trinajstić information content (AvgIpc) is 2.44. The highest BCUT2D eigenvalue weighted by atomic mass is 79.9. The first-order valence-electron chi connectivity index (χ1n) is 6.28. The third kappa shape index (κ3) is 2.63. The van der Waals surface area contributed by atoms with Crippen molar-refractivity contribution in [3.8, 4) is 5.75 Å². The van der Waals surface area contributed by atoms with Crippen molar-refractivity contribution in [1.82, 2.24) is 0 Å². The molecule has 2 aromatic rings. The Morgan fingerprint density at radius 1 is 1.30 bits per heavy atom. The monoisotopic (exact) mass is 355 g/mol. The van der Waals surface area contributed by atoms with Crippen LogP contribution >= 0.6 is 27.5 Å². The molecule has 0 spiro atoms. The molecule has 1 unspecified atom stereocenters. The molecule has 0 aromatic heterocycles. The summed E-state index contributed by atoms with van der Waals surface area (Å²) in [6.45, 7) is 0.606. The van der Waals surface area contributed by atoms with Gasteiger partial charge < -0.3 is 10.1 Å². The van der Waals surface area contributed by atoms with Crippen molar-refractivity contribution < 1.29 is 9.13 Å². The SMILES string of the molecule is Fc1c(Cl)cccc1NC1CCOc2ccc(Br)cc21. The zero-order valence-corrected chi connectivity index (χ0v) is 12.8. The van der Waals surface area contributed by atoms with Gasteiger partial charge in [0.25, 0.3) is 0 Å². The molecule has 1 N–H and O–H groups in total. The van der Waals surface area contributed by atoms with E-state index in [1.165, 1.54) is 6.07 Å². The first-order valence-corrected chi connectivity index (χ1v) is 7.45. The van der Waals surface area contributed by atoms with Crippen molar-refractivity contribution in [3.05, 3.63) is 57.3 Å². The third-order valence-corrected chi connectivity index (χ3v) is 4.08. The predicted molar refractivity (Wildman–Crippen MR) is 82.0 cm³/mol. The molecule has 104 valence electrons. The van der Waals surface area contributed by atoms with E-state index in [2.05, 4.69) is 21.2 Å². The first kappa shape index (κ1) is 13.7. The molecule has 2 aromatic carbocycles. The maximum Gasteiger partial charge on any atom is 0.164 e. The number of hydrogen-bond donors (Lipinski definition) is 1. The van der Waals surface area contributed by atoms with E-state index in [-0.39, 0.29) is 11.1 Å². The molecule has 0 radical (unpaired) electrons. The molecule has 1 heterocycles. The number of halogens is 3. The number of hydrogen-bond acceptors (Lipinski definition) is 2. The first-order chi connectivity index (χ1) is 9.65. The van der Waals surface area contributed by atoms with E-state index >= 15 is 0 Å². The lowest BCUT2D eigenvalue weighted by atomic mass is 10.0. The molecular formula is C15H12BrClFNO. The van der Waals surface area contributed by atoms with Gasteiger partial charge in [0, 0.05) is 16.5 Å². The van der Waals surface area contributed by atoms with Crippen LogP contribution < -0.4 is 10.1 Å². The van der Waals surface area contributed by atoms with Gasteiger partial charge in [-0.15, -0.1) is 0 Å². The van der Waals surface area contributed by atoms with E-state index in [1.54, 1.807) is 12.1 Å². The molecule has 1 aliphatic rings. The number of nitrogens with one attached hydrogen (secondary N) is 1. The predicted octanol–water partition coefficient (Wildman–Crippen LogP) is 5.18. The van der Waals surface area contributed by atoms with Crippen molar-refractivity contribution in [2.45, 2.75) is 12.5 Å². The maximum atomic E-state index is 14.0. The van der Waals surface area contributed by atoms with Crippen molar-refractivity contribution in [2.24, 2.45) is 0 Å². The minimum absolute atomic E-state index is 0.00390. The highest BCUT2D eigenvalue weighted by molar-refractivity contribution is 9.10. The Kier molecular flexibility index (Phi) is 3.85.